The molecular weight excluding hydrogens is 392 g/mol. The summed E-state index contributed by atoms with van der Waals surface area (Å²) in [5, 5.41) is 7.93. The van der Waals surface area contributed by atoms with E-state index in [1.54, 1.807) is 0 Å². The summed E-state index contributed by atoms with van der Waals surface area (Å²) in [7, 11) is 0. The van der Waals surface area contributed by atoms with E-state index in [4.69, 9.17) is 11.6 Å². The van der Waals surface area contributed by atoms with E-state index in [0.717, 1.165) is 40.2 Å². The van der Waals surface area contributed by atoms with Gasteiger partial charge in [-0.15, -0.1) is 0 Å². The zero-order chi connectivity index (χ0) is 20.7. The third kappa shape index (κ3) is 3.50. The zero-order valence-electron chi connectivity index (χ0n) is 16.8. The predicted octanol–water partition coefficient (Wildman–Crippen LogP) is 6.63. The van der Waals surface area contributed by atoms with Crippen molar-refractivity contribution in [3.63, 3.8) is 0 Å². The predicted molar refractivity (Wildman–Crippen MR) is 123 cm³/mol. The average Bonchev–Trinajstić information content (AvgIpc) is 2.91. The molecule has 0 saturated carbocycles. The Morgan fingerprint density at radius 3 is 2.23 bits per heavy atom. The highest BCUT2D eigenvalue weighted by Gasteiger charge is 2.35. The maximum atomic E-state index is 13.5. The van der Waals surface area contributed by atoms with Crippen LogP contribution < -0.4 is 10.6 Å². The molecule has 2 atom stereocenters. The van der Waals surface area contributed by atoms with Crippen LogP contribution in [0.3, 0.4) is 0 Å². The third-order valence-electron chi connectivity index (χ3n) is 6.06. The fourth-order valence-corrected chi connectivity index (χ4v) is 4.60. The largest absolute Gasteiger partial charge is 0.372 e. The molecular formula is C26H23ClN2O. The van der Waals surface area contributed by atoms with Crippen LogP contribution in [0, 0.1) is 6.92 Å². The summed E-state index contributed by atoms with van der Waals surface area (Å²) in [6.07, 6.45) is 1.30. The van der Waals surface area contributed by atoms with Crippen LogP contribution in [-0.2, 0) is 4.79 Å². The molecule has 150 valence electrons. The van der Waals surface area contributed by atoms with Crippen molar-refractivity contribution in [3.8, 4) is 0 Å². The molecule has 3 aromatic rings. The topological polar surface area (TPSA) is 41.1 Å². The van der Waals surface area contributed by atoms with Crippen molar-refractivity contribution in [2.45, 2.75) is 31.7 Å². The van der Waals surface area contributed by atoms with Crippen LogP contribution in [0.5, 0.6) is 0 Å². The van der Waals surface area contributed by atoms with Gasteiger partial charge in [-0.25, -0.2) is 0 Å². The number of nitrogens with one attached hydrogen (secondary N) is 2. The van der Waals surface area contributed by atoms with Gasteiger partial charge in [-0.1, -0.05) is 65.7 Å². The number of rotatable bonds is 2. The lowest BCUT2D eigenvalue weighted by Crippen LogP contribution is -2.26. The van der Waals surface area contributed by atoms with E-state index in [-0.39, 0.29) is 17.7 Å². The van der Waals surface area contributed by atoms with E-state index < -0.39 is 0 Å². The van der Waals surface area contributed by atoms with Crippen LogP contribution in [-0.4, -0.2) is 5.78 Å². The molecule has 30 heavy (non-hydrogen) atoms. The molecule has 0 unspecified atom stereocenters. The SMILES string of the molecule is Cc1ccc([C@H]2Nc3ccccc3NC3=C2C(=O)C[C@H](c2ccc(Cl)cc2)C3)cc1. The van der Waals surface area contributed by atoms with Crippen LogP contribution in [0.4, 0.5) is 11.4 Å². The Morgan fingerprint density at radius 1 is 0.833 bits per heavy atom. The molecule has 3 aromatic carbocycles. The summed E-state index contributed by atoms with van der Waals surface area (Å²) < 4.78 is 0. The van der Waals surface area contributed by atoms with Crippen LogP contribution >= 0.6 is 11.6 Å². The molecule has 0 radical (unpaired) electrons. The number of fused-ring (bicyclic) bond motifs is 1. The monoisotopic (exact) mass is 414 g/mol. The Bertz CT molecular complexity index is 1130. The number of halogens is 1. The second-order valence-corrected chi connectivity index (χ2v) is 8.57. The molecule has 2 N–H and O–H groups in total. The van der Waals surface area contributed by atoms with Gasteiger partial charge in [0, 0.05) is 22.7 Å². The molecule has 0 saturated heterocycles. The fourth-order valence-electron chi connectivity index (χ4n) is 4.47. The highest BCUT2D eigenvalue weighted by molar-refractivity contribution is 6.30. The third-order valence-corrected chi connectivity index (χ3v) is 6.31. The number of carbonyl (C=O) groups excluding carboxylic acids is 1. The molecule has 0 fully saturated rings. The normalized spacial score (nSPS) is 20.5. The Kier molecular flexibility index (Phi) is 4.84. The lowest BCUT2D eigenvalue weighted by Gasteiger charge is -2.30. The molecule has 0 spiro atoms. The first kappa shape index (κ1) is 19.0. The van der Waals surface area contributed by atoms with Crippen LogP contribution in [0.25, 0.3) is 0 Å². The molecule has 3 nitrogen and oxygen atoms in total. The van der Waals surface area contributed by atoms with Gasteiger partial charge >= 0.3 is 0 Å². The maximum Gasteiger partial charge on any atom is 0.163 e. The highest BCUT2D eigenvalue weighted by Crippen LogP contribution is 2.44. The van der Waals surface area contributed by atoms with Gasteiger partial charge in [0.05, 0.1) is 17.4 Å². The summed E-state index contributed by atoms with van der Waals surface area (Å²) in [5.74, 6) is 0.333. The summed E-state index contributed by atoms with van der Waals surface area (Å²) >= 11 is 6.07. The van der Waals surface area contributed by atoms with E-state index in [2.05, 4.69) is 54.0 Å². The molecule has 2 aliphatic rings. The molecule has 4 heteroatoms. The Morgan fingerprint density at radius 2 is 1.50 bits per heavy atom. The van der Waals surface area contributed by atoms with Crippen molar-refractivity contribution in [1.82, 2.24) is 0 Å². The number of para-hydroxylation sites is 2. The maximum absolute atomic E-state index is 13.5. The van der Waals surface area contributed by atoms with Crippen LogP contribution in [0.1, 0.15) is 41.5 Å². The lowest BCUT2D eigenvalue weighted by atomic mass is 9.78. The van der Waals surface area contributed by atoms with E-state index in [0.29, 0.717) is 11.4 Å². The minimum Gasteiger partial charge on any atom is -0.372 e. The molecule has 1 aliphatic heterocycles. The number of aryl methyl sites for hydroxylation is 1. The van der Waals surface area contributed by atoms with E-state index in [1.807, 2.05) is 36.4 Å². The van der Waals surface area contributed by atoms with Crippen molar-refractivity contribution in [3.05, 3.63) is 106 Å². The van der Waals surface area contributed by atoms with Gasteiger partial charge in [0.2, 0.25) is 0 Å². The number of Topliss-reactive ketones (excluding diaryl/α,β-unsaturated/α-hetero) is 1. The minimum absolute atomic E-state index is 0.143. The Labute approximate surface area is 181 Å². The highest BCUT2D eigenvalue weighted by atomic mass is 35.5. The molecule has 0 bridgehead atoms. The number of benzene rings is 3. The van der Waals surface area contributed by atoms with Crippen molar-refractivity contribution in [2.24, 2.45) is 0 Å². The standard InChI is InChI=1S/C26H23ClN2O/c1-16-6-8-18(9-7-16)26-25-23(28-21-4-2-3-5-22(21)29-26)14-19(15-24(25)30)17-10-12-20(27)13-11-17/h2-13,19,26,28-29H,14-15H2,1H3/t19-,26-/m1/s1. The smallest absolute Gasteiger partial charge is 0.163 e. The molecule has 5 rings (SSSR count). The van der Waals surface area contributed by atoms with Crippen molar-refractivity contribution < 1.29 is 4.79 Å². The summed E-state index contributed by atoms with van der Waals surface area (Å²) in [5.41, 5.74) is 7.33. The molecule has 0 amide bonds. The van der Waals surface area contributed by atoms with Crippen molar-refractivity contribution >= 4 is 28.8 Å². The Balaban J connectivity index is 1.60. The zero-order valence-corrected chi connectivity index (χ0v) is 17.5. The second-order valence-electron chi connectivity index (χ2n) is 8.13. The van der Waals surface area contributed by atoms with Crippen molar-refractivity contribution in [1.29, 1.82) is 0 Å². The number of hydrogen-bond donors (Lipinski definition) is 2. The summed E-state index contributed by atoms with van der Waals surface area (Å²) in [6.45, 7) is 2.08. The minimum atomic E-state index is -0.171. The van der Waals surface area contributed by atoms with E-state index in [9.17, 15) is 4.79 Å². The van der Waals surface area contributed by atoms with Gasteiger partial charge in [0.25, 0.3) is 0 Å². The van der Waals surface area contributed by atoms with Gasteiger partial charge in [-0.05, 0) is 54.7 Å². The van der Waals surface area contributed by atoms with Gasteiger partial charge in [0.15, 0.2) is 5.78 Å². The lowest BCUT2D eigenvalue weighted by molar-refractivity contribution is -0.116. The van der Waals surface area contributed by atoms with Crippen LogP contribution in [0.15, 0.2) is 84.1 Å². The van der Waals surface area contributed by atoms with E-state index in [1.165, 1.54) is 5.56 Å². The first-order valence-electron chi connectivity index (χ1n) is 10.3. The number of carbonyl (C=O) groups is 1. The van der Waals surface area contributed by atoms with Gasteiger partial charge in [-0.3, -0.25) is 4.79 Å². The molecule has 1 heterocycles. The van der Waals surface area contributed by atoms with Crippen molar-refractivity contribution in [2.75, 3.05) is 10.6 Å². The fraction of sp³-hybridized carbons (Fsp3) is 0.192. The van der Waals surface area contributed by atoms with Gasteiger partial charge in [-0.2, -0.15) is 0 Å². The average molecular weight is 415 g/mol. The summed E-state index contributed by atoms with van der Waals surface area (Å²) in [4.78, 5) is 13.5. The van der Waals surface area contributed by atoms with Gasteiger partial charge < -0.3 is 10.6 Å². The Hall–Kier alpha value is -3.04. The molecule has 1 aliphatic carbocycles. The summed E-state index contributed by atoms with van der Waals surface area (Å²) in [6, 6.07) is 24.3. The van der Waals surface area contributed by atoms with E-state index >= 15 is 0 Å². The number of ketones is 1. The molecule has 0 aromatic heterocycles. The first-order chi connectivity index (χ1) is 14.6. The number of hydrogen-bond acceptors (Lipinski definition) is 3. The number of anilines is 2. The van der Waals surface area contributed by atoms with Crippen LogP contribution in [0.2, 0.25) is 5.02 Å². The quantitative estimate of drug-likeness (QED) is 0.494. The van der Waals surface area contributed by atoms with Gasteiger partial charge in [0.1, 0.15) is 0 Å². The number of allylic oxidation sites excluding steroid dienone is 1. The first-order valence-corrected chi connectivity index (χ1v) is 10.7. The second kappa shape index (κ2) is 7.66.